The van der Waals surface area contributed by atoms with E-state index >= 15 is 0 Å². The monoisotopic (exact) mass is 850 g/mol. The lowest BCUT2D eigenvalue weighted by Gasteiger charge is -2.27. The van der Waals surface area contributed by atoms with Crippen LogP contribution in [-0.4, -0.2) is 8.80 Å². The Morgan fingerprint density at radius 1 is 0.303 bits per heavy atom. The van der Waals surface area contributed by atoms with Crippen molar-refractivity contribution < 1.29 is 0 Å². The number of hydrogen-bond donors (Lipinski definition) is 0. The second-order valence-corrected chi connectivity index (χ2v) is 18.1. The molecule has 0 aliphatic rings. The Hall–Kier alpha value is -7.82. The van der Waals surface area contributed by atoms with Crippen molar-refractivity contribution in [1.82, 2.24) is 8.80 Å². The quantitative estimate of drug-likeness (QED) is 0.136. The first-order chi connectivity index (χ1) is 32.6. The van der Waals surface area contributed by atoms with E-state index in [2.05, 4.69) is 228 Å². The molecule has 4 heterocycles. The average molecular weight is 851 g/mol. The van der Waals surface area contributed by atoms with E-state index in [-0.39, 0.29) is 0 Å². The molecule has 0 unspecified atom stereocenters. The van der Waals surface area contributed by atoms with Gasteiger partial charge in [0, 0.05) is 65.8 Å². The maximum Gasteiger partial charge on any atom is 0.0641 e. The van der Waals surface area contributed by atoms with Crippen LogP contribution in [0.5, 0.6) is 0 Å². The van der Waals surface area contributed by atoms with Crippen molar-refractivity contribution >= 4 is 110 Å². The van der Waals surface area contributed by atoms with Gasteiger partial charge in [-0.3, -0.25) is 0 Å². The highest BCUT2D eigenvalue weighted by atomic mass is 15.2. The summed E-state index contributed by atoms with van der Waals surface area (Å²) in [6, 6.07) is 69.0. The highest BCUT2D eigenvalue weighted by molar-refractivity contribution is 6.32. The Kier molecular flexibility index (Phi) is 8.70. The minimum atomic E-state index is 0.982. The normalized spacial score (nSPS) is 12.2. The van der Waals surface area contributed by atoms with Gasteiger partial charge in [0.05, 0.1) is 44.5 Å². The molecule has 13 aromatic rings. The smallest absolute Gasteiger partial charge is 0.0641 e. The van der Waals surface area contributed by atoms with Crippen LogP contribution in [0.15, 0.2) is 182 Å². The first kappa shape index (κ1) is 38.6. The van der Waals surface area contributed by atoms with Gasteiger partial charge in [-0.05, 0) is 133 Å². The van der Waals surface area contributed by atoms with Gasteiger partial charge in [-0.2, -0.15) is 0 Å². The summed E-state index contributed by atoms with van der Waals surface area (Å²) < 4.78 is 5.11. The summed E-state index contributed by atoms with van der Waals surface area (Å²) in [5.74, 6) is 0. The number of fused-ring (bicyclic) bond motifs is 12. The number of nitrogens with zero attached hydrogens (tertiary/aromatic N) is 4. The number of benzene rings is 9. The van der Waals surface area contributed by atoms with Crippen LogP contribution in [0, 0.1) is 0 Å². The Balaban J connectivity index is 1.10. The van der Waals surface area contributed by atoms with Crippen LogP contribution in [-0.2, 0) is 25.7 Å². The second kappa shape index (κ2) is 14.9. The van der Waals surface area contributed by atoms with Crippen LogP contribution in [0.3, 0.4) is 0 Å². The summed E-state index contributed by atoms with van der Waals surface area (Å²) in [4.78, 5) is 4.96. The Morgan fingerprint density at radius 3 is 1.12 bits per heavy atom. The molecule has 0 bridgehead atoms. The first-order valence-electron chi connectivity index (χ1n) is 23.8. The lowest BCUT2D eigenvalue weighted by atomic mass is 10.0. The number of para-hydroxylation sites is 2. The summed E-state index contributed by atoms with van der Waals surface area (Å²) >= 11 is 0. The van der Waals surface area contributed by atoms with E-state index in [1.54, 1.807) is 0 Å². The SMILES string of the molecule is CCc1ccc(N(c2cccc(CC)c2)c2ccc3c4cc5c(cc4n4c6ccccc6c2c34)c2ccc(N(c3ccc(CC)cc3)c3cccc(CC)c3)c3c4ccccc4n5c23)cc1. The molecule has 4 nitrogen and oxygen atoms in total. The number of rotatable bonds is 10. The zero-order chi connectivity index (χ0) is 44.2. The molecular formula is C62H50N4. The van der Waals surface area contributed by atoms with Crippen molar-refractivity contribution in [3.05, 3.63) is 204 Å². The molecule has 13 rings (SSSR count). The molecule has 0 spiro atoms. The van der Waals surface area contributed by atoms with E-state index in [0.717, 1.165) is 37.1 Å². The number of hydrogen-bond acceptors (Lipinski definition) is 2. The standard InChI is InChI=1S/C62H50N4/c1-5-39-23-27-43(28-24-39)63(45-17-13-15-41(7-3)35-45)55-33-31-47-51-37-58-52(38-57(51)65-53-21-11-9-19-49(53)59(55)61(47)65)48-32-34-56(60-50-20-10-12-22-54(50)66(58)62(48)60)64(44-29-25-40(6-2)26-30-44)46-18-14-16-42(8-4)36-46/h9-38H,5-8H2,1-4H3. The predicted molar refractivity (Wildman–Crippen MR) is 283 cm³/mol. The fraction of sp³-hybridized carbons (Fsp3) is 0.129. The van der Waals surface area contributed by atoms with E-state index in [9.17, 15) is 0 Å². The highest BCUT2D eigenvalue weighted by Crippen LogP contribution is 2.51. The molecular weight excluding hydrogens is 801 g/mol. The molecule has 0 aliphatic heterocycles. The molecule has 0 atom stereocenters. The lowest BCUT2D eigenvalue weighted by Crippen LogP contribution is -2.10. The van der Waals surface area contributed by atoms with Crippen LogP contribution in [0.25, 0.3) is 76.2 Å². The fourth-order valence-electron chi connectivity index (χ4n) is 11.3. The molecule has 66 heavy (non-hydrogen) atoms. The Morgan fingerprint density at radius 2 is 0.712 bits per heavy atom. The minimum absolute atomic E-state index is 0.982. The van der Waals surface area contributed by atoms with Gasteiger partial charge >= 0.3 is 0 Å². The zero-order valence-electron chi connectivity index (χ0n) is 37.9. The maximum absolute atomic E-state index is 2.56. The third-order valence-corrected chi connectivity index (χ3v) is 14.6. The summed E-state index contributed by atoms with van der Waals surface area (Å²) in [5.41, 5.74) is 19.9. The molecule has 0 saturated carbocycles. The predicted octanol–water partition coefficient (Wildman–Crippen LogP) is 17.2. The second-order valence-electron chi connectivity index (χ2n) is 18.1. The summed E-state index contributed by atoms with van der Waals surface area (Å²) in [5, 5.41) is 10.2. The number of aromatic nitrogens is 2. The molecule has 318 valence electrons. The van der Waals surface area contributed by atoms with Crippen molar-refractivity contribution in [2.75, 3.05) is 9.80 Å². The van der Waals surface area contributed by atoms with Gasteiger partial charge in [0.2, 0.25) is 0 Å². The van der Waals surface area contributed by atoms with Crippen LogP contribution in [0.1, 0.15) is 49.9 Å². The molecule has 4 aromatic heterocycles. The molecule has 0 saturated heterocycles. The molecule has 0 aliphatic carbocycles. The van der Waals surface area contributed by atoms with E-state index in [0.29, 0.717) is 0 Å². The van der Waals surface area contributed by atoms with Gasteiger partial charge < -0.3 is 18.6 Å². The van der Waals surface area contributed by atoms with Crippen LogP contribution in [0.4, 0.5) is 34.1 Å². The fourth-order valence-corrected chi connectivity index (χ4v) is 11.3. The van der Waals surface area contributed by atoms with Gasteiger partial charge in [-0.25, -0.2) is 0 Å². The van der Waals surface area contributed by atoms with Gasteiger partial charge in [0.1, 0.15) is 0 Å². The minimum Gasteiger partial charge on any atom is -0.310 e. The third kappa shape index (κ3) is 5.51. The molecule has 4 heteroatoms. The molecule has 0 N–H and O–H groups in total. The van der Waals surface area contributed by atoms with Gasteiger partial charge in [0.15, 0.2) is 0 Å². The zero-order valence-corrected chi connectivity index (χ0v) is 37.9. The third-order valence-electron chi connectivity index (χ3n) is 14.6. The Labute approximate surface area is 384 Å². The van der Waals surface area contributed by atoms with Gasteiger partial charge in [0.25, 0.3) is 0 Å². The van der Waals surface area contributed by atoms with Crippen molar-refractivity contribution in [1.29, 1.82) is 0 Å². The van der Waals surface area contributed by atoms with Gasteiger partial charge in [-0.15, -0.1) is 0 Å². The number of aryl methyl sites for hydroxylation is 4. The molecule has 0 fully saturated rings. The molecule has 0 radical (unpaired) electrons. The van der Waals surface area contributed by atoms with E-state index < -0.39 is 0 Å². The van der Waals surface area contributed by atoms with Gasteiger partial charge in [-0.1, -0.05) is 125 Å². The van der Waals surface area contributed by atoms with E-state index in [1.807, 2.05) is 0 Å². The van der Waals surface area contributed by atoms with Crippen molar-refractivity contribution in [3.63, 3.8) is 0 Å². The largest absolute Gasteiger partial charge is 0.310 e. The lowest BCUT2D eigenvalue weighted by molar-refractivity contribution is 1.13. The van der Waals surface area contributed by atoms with Crippen molar-refractivity contribution in [3.8, 4) is 0 Å². The Bertz CT molecular complexity index is 3720. The summed E-state index contributed by atoms with van der Waals surface area (Å²) in [6.07, 6.45) is 3.98. The average Bonchev–Trinajstić information content (AvgIpc) is 4.11. The topological polar surface area (TPSA) is 15.3 Å². The maximum atomic E-state index is 2.56. The first-order valence-corrected chi connectivity index (χ1v) is 23.8. The van der Waals surface area contributed by atoms with Crippen LogP contribution in [0.2, 0.25) is 0 Å². The van der Waals surface area contributed by atoms with E-state index in [4.69, 9.17) is 0 Å². The van der Waals surface area contributed by atoms with Crippen LogP contribution < -0.4 is 9.80 Å². The summed E-state index contributed by atoms with van der Waals surface area (Å²) in [7, 11) is 0. The van der Waals surface area contributed by atoms with E-state index in [1.165, 1.54) is 121 Å². The number of anilines is 6. The molecule has 9 aromatic carbocycles. The highest BCUT2D eigenvalue weighted by Gasteiger charge is 2.28. The summed E-state index contributed by atoms with van der Waals surface area (Å²) in [6.45, 7) is 8.93. The molecule has 0 amide bonds. The van der Waals surface area contributed by atoms with Crippen molar-refractivity contribution in [2.24, 2.45) is 0 Å². The van der Waals surface area contributed by atoms with Crippen molar-refractivity contribution in [2.45, 2.75) is 53.4 Å². The van der Waals surface area contributed by atoms with Crippen LogP contribution >= 0.6 is 0 Å².